The molecule has 24 heteroatoms. The molecule has 0 spiro atoms. The monoisotopic (exact) mass is 691 g/mol. The van der Waals surface area contributed by atoms with Crippen LogP contribution in [0.15, 0.2) is 23.8 Å². The number of nitrogens with zero attached hydrogens (tertiary/aromatic N) is 7. The van der Waals surface area contributed by atoms with Gasteiger partial charge < -0.3 is 35.0 Å². The van der Waals surface area contributed by atoms with Crippen molar-refractivity contribution >= 4 is 55.5 Å². The first-order chi connectivity index (χ1) is 21.3. The summed E-state index contributed by atoms with van der Waals surface area (Å²) in [5.74, 6) is -1.20. The van der Waals surface area contributed by atoms with Crippen molar-refractivity contribution in [3.8, 4) is 0 Å². The highest BCUT2D eigenvalue weighted by molar-refractivity contribution is 7.47. The number of halogens is 1. The molecule has 7 rings (SSSR count). The van der Waals surface area contributed by atoms with Crippen LogP contribution in [0.4, 0.5) is 5.95 Å². The van der Waals surface area contributed by atoms with Gasteiger partial charge in [0.2, 0.25) is 5.95 Å². The van der Waals surface area contributed by atoms with E-state index >= 15 is 0 Å². The molecule has 3 fully saturated rings. The van der Waals surface area contributed by atoms with Crippen molar-refractivity contribution < 1.29 is 52.0 Å². The quantitative estimate of drug-likeness (QED) is 0.113. The number of aromatic nitrogens is 8. The number of hydrogen-bond acceptors (Lipinski definition) is 16. The molecule has 4 aromatic heterocycles. The first-order valence-electron chi connectivity index (χ1n) is 13.2. The molecule has 21 nitrogen and oxygen atoms in total. The number of aromatic amines is 1. The third kappa shape index (κ3) is 5.47. The lowest BCUT2D eigenvalue weighted by Crippen LogP contribution is -2.36. The van der Waals surface area contributed by atoms with Gasteiger partial charge in [-0.15, -0.1) is 0 Å². The van der Waals surface area contributed by atoms with Crippen LogP contribution in [0.3, 0.4) is 0 Å². The number of nitrogens with two attached hydrogens (primary N) is 1. The topological polar surface area (TPSA) is 294 Å². The minimum absolute atomic E-state index is 0.00426. The SMILES string of the molecule is Nc1nc2c(ncn2[C@@H]2C[C@@H]3COP(=O)(O)OC4[C@@H](COP(=O)(O)OC2C3O)O[C@@H](n2cnc3c(Cl)ncnc32)[C@H]4O)c(=O)[nH]1. The van der Waals surface area contributed by atoms with Gasteiger partial charge >= 0.3 is 15.6 Å². The van der Waals surface area contributed by atoms with E-state index in [1.54, 1.807) is 0 Å². The minimum Gasteiger partial charge on any atom is -0.390 e. The van der Waals surface area contributed by atoms with E-state index in [1.165, 1.54) is 21.8 Å². The maximum absolute atomic E-state index is 13.2. The molecule has 2 bridgehead atoms. The van der Waals surface area contributed by atoms with Crippen molar-refractivity contribution in [2.75, 3.05) is 18.9 Å². The first kappa shape index (κ1) is 30.7. The molecular formula is C21H24ClN9O12P2. The number of imidazole rings is 2. The van der Waals surface area contributed by atoms with Gasteiger partial charge in [0.25, 0.3) is 5.56 Å². The fourth-order valence-electron chi connectivity index (χ4n) is 5.79. The molecular weight excluding hydrogens is 668 g/mol. The number of fused-ring (bicyclic) bond motifs is 5. The van der Waals surface area contributed by atoms with Crippen LogP contribution in [-0.4, -0.2) is 103 Å². The molecule has 5 unspecified atom stereocenters. The van der Waals surface area contributed by atoms with Crippen molar-refractivity contribution in [1.82, 2.24) is 39.0 Å². The lowest BCUT2D eigenvalue weighted by atomic mass is 10.1. The van der Waals surface area contributed by atoms with E-state index in [1.807, 2.05) is 0 Å². The summed E-state index contributed by atoms with van der Waals surface area (Å²) in [7, 11) is -10.0. The van der Waals surface area contributed by atoms with Gasteiger partial charge in [-0.05, 0) is 6.42 Å². The summed E-state index contributed by atoms with van der Waals surface area (Å²) in [4.78, 5) is 56.1. The molecule has 2 saturated heterocycles. The Bertz CT molecular complexity index is 1940. The first-order valence-corrected chi connectivity index (χ1v) is 16.6. The largest absolute Gasteiger partial charge is 0.472 e. The second kappa shape index (κ2) is 11.1. The number of ether oxygens (including phenoxy) is 1. The van der Waals surface area contributed by atoms with E-state index in [2.05, 4.69) is 29.9 Å². The Kier molecular flexibility index (Phi) is 7.59. The molecule has 0 radical (unpaired) electrons. The predicted octanol–water partition coefficient (Wildman–Crippen LogP) is -0.607. The number of rotatable bonds is 2. The highest BCUT2D eigenvalue weighted by Gasteiger charge is 2.53. The average Bonchev–Trinajstić information content (AvgIpc) is 3.72. The highest BCUT2D eigenvalue weighted by Crippen LogP contribution is 2.55. The molecule has 242 valence electrons. The van der Waals surface area contributed by atoms with Crippen molar-refractivity contribution in [3.63, 3.8) is 0 Å². The molecule has 0 amide bonds. The zero-order chi connectivity index (χ0) is 31.8. The number of H-pyrrole nitrogens is 1. The predicted molar refractivity (Wildman–Crippen MR) is 147 cm³/mol. The Balaban J connectivity index is 1.21. The number of nitrogens with one attached hydrogen (secondary N) is 1. The zero-order valence-corrected chi connectivity index (χ0v) is 25.1. The summed E-state index contributed by atoms with van der Waals surface area (Å²) < 4.78 is 56.0. The standard InChI is InChI=1S/C21H24ClN9O12P2/c22-16-10-17(25-4-24-16)31(6-26-10)20-13(33)15-9(41-20)3-40-45(37,38)42-14-8(1-7(12(14)32)2-39-44(35,36)43-15)30-5-27-11-18(30)28-21(23)29-19(11)34/h4-9,12-15,20,32-33H,1-3H2,(H,35,36)(H,37,38)(H3,23,28,29,34)/t7-,8-,9-,12?,13+,14?,15?,20-/m1/s1. The van der Waals surface area contributed by atoms with E-state index < -0.39 is 83.1 Å². The molecule has 6 heterocycles. The van der Waals surface area contributed by atoms with E-state index in [0.717, 1.165) is 6.33 Å². The summed E-state index contributed by atoms with van der Waals surface area (Å²) in [6, 6.07) is -0.997. The van der Waals surface area contributed by atoms with Crippen LogP contribution in [-0.2, 0) is 32.0 Å². The molecule has 1 aliphatic carbocycles. The summed E-state index contributed by atoms with van der Waals surface area (Å²) in [6.07, 6.45) is -5.60. The molecule has 45 heavy (non-hydrogen) atoms. The van der Waals surface area contributed by atoms with Gasteiger partial charge in [-0.1, -0.05) is 11.6 Å². The third-order valence-corrected chi connectivity index (χ3v) is 10.1. The Morgan fingerprint density at radius 2 is 1.62 bits per heavy atom. The summed E-state index contributed by atoms with van der Waals surface area (Å²) in [6.45, 7) is -1.39. The van der Waals surface area contributed by atoms with Gasteiger partial charge in [0.05, 0.1) is 38.0 Å². The van der Waals surface area contributed by atoms with Gasteiger partial charge in [0, 0.05) is 5.92 Å². The number of phosphoric ester groups is 2. The maximum Gasteiger partial charge on any atom is 0.472 e. The fourth-order valence-corrected chi connectivity index (χ4v) is 7.94. The second-order valence-electron chi connectivity index (χ2n) is 10.5. The Labute approximate surface area is 255 Å². The highest BCUT2D eigenvalue weighted by atomic mass is 35.5. The van der Waals surface area contributed by atoms with E-state index in [0.29, 0.717) is 0 Å². The zero-order valence-electron chi connectivity index (χ0n) is 22.5. The number of aliphatic hydroxyl groups excluding tert-OH is 2. The molecule has 7 N–H and O–H groups in total. The van der Waals surface area contributed by atoms with Crippen molar-refractivity contribution in [2.24, 2.45) is 5.92 Å². The molecule has 2 aliphatic heterocycles. The van der Waals surface area contributed by atoms with Crippen molar-refractivity contribution in [1.29, 1.82) is 0 Å². The number of anilines is 1. The van der Waals surface area contributed by atoms with E-state index in [9.17, 15) is 33.9 Å². The second-order valence-corrected chi connectivity index (χ2v) is 13.7. The van der Waals surface area contributed by atoms with Crippen LogP contribution in [0.25, 0.3) is 22.3 Å². The number of nitrogen functional groups attached to an aromatic ring is 1. The number of phosphoric acid groups is 2. The average molecular weight is 692 g/mol. The van der Waals surface area contributed by atoms with Gasteiger partial charge in [0.1, 0.15) is 36.3 Å². The van der Waals surface area contributed by atoms with Crippen LogP contribution < -0.4 is 11.3 Å². The molecule has 10 atom stereocenters. The lowest BCUT2D eigenvalue weighted by molar-refractivity contribution is -0.0552. The molecule has 3 aliphatic rings. The van der Waals surface area contributed by atoms with E-state index in [-0.39, 0.29) is 39.9 Å². The van der Waals surface area contributed by atoms with Gasteiger partial charge in [-0.3, -0.25) is 32.4 Å². The van der Waals surface area contributed by atoms with Crippen LogP contribution >= 0.6 is 27.2 Å². The van der Waals surface area contributed by atoms with Crippen LogP contribution in [0, 0.1) is 5.92 Å². The molecule has 0 aromatic carbocycles. The van der Waals surface area contributed by atoms with E-state index in [4.69, 9.17) is 40.2 Å². The summed E-state index contributed by atoms with van der Waals surface area (Å²) >= 11 is 6.07. The lowest BCUT2D eigenvalue weighted by Gasteiger charge is -2.26. The molecule has 4 aromatic rings. The maximum atomic E-state index is 13.2. The smallest absolute Gasteiger partial charge is 0.390 e. The Morgan fingerprint density at radius 3 is 2.40 bits per heavy atom. The fraction of sp³-hybridized carbons (Fsp3) is 0.524. The summed E-state index contributed by atoms with van der Waals surface area (Å²) in [5.41, 5.74) is 5.27. The Morgan fingerprint density at radius 1 is 0.933 bits per heavy atom. The van der Waals surface area contributed by atoms with Gasteiger partial charge in [-0.2, -0.15) is 4.98 Å². The van der Waals surface area contributed by atoms with Crippen molar-refractivity contribution in [3.05, 3.63) is 34.5 Å². The van der Waals surface area contributed by atoms with Crippen LogP contribution in [0.5, 0.6) is 0 Å². The minimum atomic E-state index is -5.03. The van der Waals surface area contributed by atoms with Crippen LogP contribution in [0.2, 0.25) is 5.15 Å². The summed E-state index contributed by atoms with van der Waals surface area (Å²) in [5, 5.41) is 22.3. The van der Waals surface area contributed by atoms with Crippen LogP contribution in [0.1, 0.15) is 18.7 Å². The number of hydrogen-bond donors (Lipinski definition) is 6. The van der Waals surface area contributed by atoms with Crippen molar-refractivity contribution in [2.45, 2.75) is 49.2 Å². The number of aliphatic hydroxyl groups is 2. The third-order valence-electron chi connectivity index (χ3n) is 7.81. The van der Waals surface area contributed by atoms with Gasteiger partial charge in [-0.25, -0.2) is 29.1 Å². The molecule has 1 saturated carbocycles. The van der Waals surface area contributed by atoms with Gasteiger partial charge in [0.15, 0.2) is 28.2 Å². The Hall–Kier alpha value is -2.91. The normalized spacial score (nSPS) is 37.7.